The highest BCUT2D eigenvalue weighted by Crippen LogP contribution is 2.66. The Labute approximate surface area is 225 Å². The van der Waals surface area contributed by atoms with E-state index in [-0.39, 0.29) is 23.5 Å². The highest BCUT2D eigenvalue weighted by Gasteiger charge is 2.66. The lowest BCUT2D eigenvalue weighted by Crippen LogP contribution is -2.60. The Morgan fingerprint density at radius 3 is 2.35 bits per heavy atom. The van der Waals surface area contributed by atoms with Gasteiger partial charge >= 0.3 is 5.97 Å². The number of hydrogen-bond acceptors (Lipinski definition) is 4. The van der Waals surface area contributed by atoms with Crippen molar-refractivity contribution < 1.29 is 18.8 Å². The van der Waals surface area contributed by atoms with Crippen molar-refractivity contribution in [1.29, 1.82) is 0 Å². The van der Waals surface area contributed by atoms with Gasteiger partial charge in [-0.2, -0.15) is 0 Å². The third-order valence-corrected chi connectivity index (χ3v) is 13.2. The number of rotatable bonds is 3. The van der Waals surface area contributed by atoms with Crippen LogP contribution in [-0.2, 0) is 14.3 Å². The molecule has 208 valence electrons. The largest absolute Gasteiger partial charge is 0.461 e. The summed E-state index contributed by atoms with van der Waals surface area (Å²) in [6.45, 7) is 11.3. The van der Waals surface area contributed by atoms with Gasteiger partial charge in [0.15, 0.2) is 5.78 Å². The van der Waals surface area contributed by atoms with Crippen molar-refractivity contribution in [2.75, 3.05) is 33.2 Å². The monoisotopic (exact) mass is 513 g/mol. The predicted molar refractivity (Wildman–Crippen MR) is 146 cm³/mol. The molecule has 0 radical (unpaired) electrons. The van der Waals surface area contributed by atoms with Crippen molar-refractivity contribution in [2.24, 2.45) is 34.5 Å². The van der Waals surface area contributed by atoms with E-state index in [0.717, 1.165) is 36.8 Å². The number of nitrogens with zero attached hydrogens (tertiary/aromatic N) is 2. The van der Waals surface area contributed by atoms with Gasteiger partial charge in [0.2, 0.25) is 0 Å². The van der Waals surface area contributed by atoms with E-state index >= 15 is 0 Å². The first kappa shape index (κ1) is 26.3. The summed E-state index contributed by atoms with van der Waals surface area (Å²) in [6, 6.07) is 0.605. The van der Waals surface area contributed by atoms with Gasteiger partial charge in [0.25, 0.3) is 0 Å². The predicted octanol–water partition coefficient (Wildman–Crippen LogP) is 5.60. The van der Waals surface area contributed by atoms with Gasteiger partial charge < -0.3 is 9.22 Å². The van der Waals surface area contributed by atoms with Crippen LogP contribution in [0.25, 0.3) is 0 Å². The number of hydrogen-bond donors (Lipinski definition) is 0. The fraction of sp³-hybridized carbons (Fsp3) is 0.938. The minimum absolute atomic E-state index is 0.0556. The molecular formula is C32H53N2O3+. The van der Waals surface area contributed by atoms with Crippen molar-refractivity contribution in [3.63, 3.8) is 0 Å². The molecule has 6 rings (SSSR count). The molecule has 2 heterocycles. The van der Waals surface area contributed by atoms with Crippen LogP contribution in [0.15, 0.2) is 0 Å². The molecule has 0 N–H and O–H groups in total. The van der Waals surface area contributed by atoms with Crippen LogP contribution in [0.2, 0.25) is 0 Å². The van der Waals surface area contributed by atoms with E-state index in [2.05, 4.69) is 25.8 Å². The normalized spacial score (nSPS) is 48.0. The fourth-order valence-corrected chi connectivity index (χ4v) is 11.1. The summed E-state index contributed by atoms with van der Waals surface area (Å²) in [5.74, 6) is 3.13. The van der Waals surface area contributed by atoms with Gasteiger partial charge in [-0.3, -0.25) is 14.5 Å². The summed E-state index contributed by atoms with van der Waals surface area (Å²) in [4.78, 5) is 28.9. The quantitative estimate of drug-likeness (QED) is 0.364. The second kappa shape index (κ2) is 9.61. The molecule has 2 aliphatic heterocycles. The molecular weight excluding hydrogens is 460 g/mol. The molecule has 0 aromatic carbocycles. The van der Waals surface area contributed by atoms with Crippen LogP contribution in [-0.4, -0.2) is 72.5 Å². The minimum atomic E-state index is -0.109. The molecule has 2 saturated heterocycles. The highest BCUT2D eigenvalue weighted by molar-refractivity contribution is 5.91. The van der Waals surface area contributed by atoms with E-state index in [1.807, 2.05) is 0 Å². The number of esters is 1. The molecule has 0 amide bonds. The number of quaternary nitrogens is 1. The SMILES string of the molecule is CC(=O)O[C@H]1C[C@@H]2CC[C@@H]3[C@H]4C[C@H]([N+]5(C)CCCCC5)C(=O)[C@@]4(C)CC[C@@H]3[C@@]2(C)C[C@@H]1N1CCCCC1. The number of fused-ring (bicyclic) bond motifs is 5. The number of likely N-dealkylation sites (N-methyl/N-ethyl adjacent to an activating group) is 1. The lowest BCUT2D eigenvalue weighted by molar-refractivity contribution is -0.928. The second-order valence-corrected chi connectivity index (χ2v) is 15.0. The average molecular weight is 514 g/mol. The molecule has 5 nitrogen and oxygen atoms in total. The molecule has 0 aromatic rings. The maximum absolute atomic E-state index is 14.1. The Morgan fingerprint density at radius 2 is 1.65 bits per heavy atom. The summed E-state index contributed by atoms with van der Waals surface area (Å²) in [5.41, 5.74) is 0.197. The molecule has 6 fully saturated rings. The zero-order chi connectivity index (χ0) is 26.0. The topological polar surface area (TPSA) is 46.6 Å². The van der Waals surface area contributed by atoms with Crippen LogP contribution in [0.4, 0.5) is 0 Å². The number of likely N-dealkylation sites (tertiary alicyclic amines) is 2. The summed E-state index contributed by atoms with van der Waals surface area (Å²) >= 11 is 0. The fourth-order valence-electron chi connectivity index (χ4n) is 11.1. The Balaban J connectivity index is 1.26. The molecule has 37 heavy (non-hydrogen) atoms. The first-order valence-electron chi connectivity index (χ1n) is 16.0. The number of piperidine rings is 2. The third kappa shape index (κ3) is 4.24. The molecule has 4 aliphatic carbocycles. The average Bonchev–Trinajstić information content (AvgIpc) is 3.16. The standard InChI is InChI=1S/C32H53N2O3/c1-22(35)37-29-19-23-11-12-24-25(32(23,3)21-27(29)33-15-7-5-8-16-33)13-14-31(2)26(24)20-28(30(31)36)34(4)17-9-6-10-18-34/h23-29H,5-21H2,1-4H3/q+1/t23-,24-,25-,26+,27-,28-,29-,31-,32-/m0/s1. The van der Waals surface area contributed by atoms with E-state index in [4.69, 9.17) is 4.74 Å². The van der Waals surface area contributed by atoms with Crippen LogP contribution >= 0.6 is 0 Å². The van der Waals surface area contributed by atoms with Gasteiger partial charge in [-0.15, -0.1) is 0 Å². The molecule has 0 spiro atoms. The second-order valence-electron chi connectivity index (χ2n) is 15.0. The third-order valence-electron chi connectivity index (χ3n) is 13.2. The van der Waals surface area contributed by atoms with Gasteiger partial charge in [-0.1, -0.05) is 20.3 Å². The lowest BCUT2D eigenvalue weighted by Gasteiger charge is -2.62. The van der Waals surface area contributed by atoms with E-state index in [1.54, 1.807) is 6.92 Å². The highest BCUT2D eigenvalue weighted by atomic mass is 16.5. The Bertz CT molecular complexity index is 892. The zero-order valence-corrected chi connectivity index (χ0v) is 24.2. The zero-order valence-electron chi connectivity index (χ0n) is 24.2. The molecule has 0 aromatic heterocycles. The summed E-state index contributed by atoms with van der Waals surface area (Å²) in [5, 5.41) is 0. The Kier molecular flexibility index (Phi) is 6.83. The Hall–Kier alpha value is -0.940. The van der Waals surface area contributed by atoms with Crippen LogP contribution in [0, 0.1) is 34.5 Å². The molecule has 9 atom stereocenters. The van der Waals surface area contributed by atoms with Crippen LogP contribution in [0.3, 0.4) is 0 Å². The van der Waals surface area contributed by atoms with Crippen molar-refractivity contribution in [3.8, 4) is 0 Å². The van der Waals surface area contributed by atoms with Gasteiger partial charge in [-0.05, 0) is 113 Å². The van der Waals surface area contributed by atoms with Gasteiger partial charge in [0.05, 0.1) is 20.1 Å². The van der Waals surface area contributed by atoms with Gasteiger partial charge in [0, 0.05) is 24.8 Å². The van der Waals surface area contributed by atoms with Gasteiger partial charge in [0.1, 0.15) is 12.1 Å². The molecule has 5 heteroatoms. The smallest absolute Gasteiger partial charge is 0.302 e. The van der Waals surface area contributed by atoms with Gasteiger partial charge in [-0.25, -0.2) is 0 Å². The van der Waals surface area contributed by atoms with Crippen LogP contribution < -0.4 is 0 Å². The number of ether oxygens (including phenoxy) is 1. The number of Topliss-reactive ketones (excluding diaryl/α,β-unsaturated/α-hetero) is 1. The summed E-state index contributed by atoms with van der Waals surface area (Å²) in [6.07, 6.45) is 16.0. The van der Waals surface area contributed by atoms with E-state index in [0.29, 0.717) is 40.9 Å². The van der Waals surface area contributed by atoms with E-state index in [9.17, 15) is 9.59 Å². The molecule has 6 aliphatic rings. The van der Waals surface area contributed by atoms with Crippen molar-refractivity contribution in [1.82, 2.24) is 4.90 Å². The minimum Gasteiger partial charge on any atom is -0.461 e. The molecule has 0 bridgehead atoms. The van der Waals surface area contributed by atoms with Crippen molar-refractivity contribution in [2.45, 2.75) is 122 Å². The molecule has 4 saturated carbocycles. The van der Waals surface area contributed by atoms with Crippen LogP contribution in [0.5, 0.6) is 0 Å². The number of carbonyl (C=O) groups excluding carboxylic acids is 2. The maximum atomic E-state index is 14.1. The first-order valence-corrected chi connectivity index (χ1v) is 16.0. The lowest BCUT2D eigenvalue weighted by atomic mass is 9.44. The maximum Gasteiger partial charge on any atom is 0.302 e. The number of carbonyl (C=O) groups is 2. The molecule has 0 unspecified atom stereocenters. The van der Waals surface area contributed by atoms with Crippen LogP contribution in [0.1, 0.15) is 104 Å². The van der Waals surface area contributed by atoms with E-state index in [1.165, 1.54) is 77.3 Å². The first-order chi connectivity index (χ1) is 17.7. The van der Waals surface area contributed by atoms with Crippen molar-refractivity contribution >= 4 is 11.8 Å². The number of ketones is 1. The summed E-state index contributed by atoms with van der Waals surface area (Å²) in [7, 11) is 2.40. The van der Waals surface area contributed by atoms with E-state index < -0.39 is 0 Å². The van der Waals surface area contributed by atoms with Crippen molar-refractivity contribution in [3.05, 3.63) is 0 Å². The summed E-state index contributed by atoms with van der Waals surface area (Å²) < 4.78 is 7.07. The Morgan fingerprint density at radius 1 is 0.946 bits per heavy atom.